The van der Waals surface area contributed by atoms with Crippen LogP contribution < -0.4 is 10.6 Å². The van der Waals surface area contributed by atoms with Crippen LogP contribution in [0.4, 0.5) is 10.5 Å². The van der Waals surface area contributed by atoms with Crippen LogP contribution in [-0.4, -0.2) is 36.4 Å². The van der Waals surface area contributed by atoms with Crippen LogP contribution >= 0.6 is 0 Å². The quantitative estimate of drug-likeness (QED) is 0.782. The molecule has 1 aliphatic heterocycles. The number of amides is 2. The van der Waals surface area contributed by atoms with Gasteiger partial charge in [0.1, 0.15) is 5.92 Å². The molecule has 0 saturated carbocycles. The van der Waals surface area contributed by atoms with Crippen molar-refractivity contribution in [2.24, 2.45) is 5.92 Å². The monoisotopic (exact) mass is 278 g/mol. The summed E-state index contributed by atoms with van der Waals surface area (Å²) in [6.07, 6.45) is 0. The Hall–Kier alpha value is -2.08. The number of hydrogen-bond acceptors (Lipinski definition) is 3. The molecular weight excluding hydrogens is 260 g/mol. The highest BCUT2D eigenvalue weighted by Crippen LogP contribution is 2.18. The number of anilines is 1. The van der Waals surface area contributed by atoms with E-state index in [1.165, 1.54) is 0 Å². The van der Waals surface area contributed by atoms with Crippen molar-refractivity contribution >= 4 is 17.7 Å². The maximum absolute atomic E-state index is 11.9. The van der Waals surface area contributed by atoms with Crippen LogP contribution in [0, 0.1) is 19.8 Å². The summed E-state index contributed by atoms with van der Waals surface area (Å²) in [5, 5.41) is 14.4. The van der Waals surface area contributed by atoms with Gasteiger partial charge in [-0.15, -0.1) is 0 Å². The first-order valence-electron chi connectivity index (χ1n) is 6.43. The van der Waals surface area contributed by atoms with Gasteiger partial charge >= 0.3 is 12.0 Å². The number of carbonyl (C=O) groups excluding carboxylic acids is 1. The molecule has 2 amide bonds. The maximum Gasteiger partial charge on any atom is 0.319 e. The van der Waals surface area contributed by atoms with Crippen LogP contribution in [0.25, 0.3) is 0 Å². The maximum atomic E-state index is 11.9. The Morgan fingerprint density at radius 2 is 2.05 bits per heavy atom. The second kappa shape index (κ2) is 5.92. The van der Waals surface area contributed by atoms with Gasteiger partial charge in [-0.25, -0.2) is 4.79 Å². The predicted octanol–water partition coefficient (Wildman–Crippen LogP) is 1.52. The summed E-state index contributed by atoms with van der Waals surface area (Å²) >= 11 is 0. The van der Waals surface area contributed by atoms with Crippen molar-refractivity contribution in [2.45, 2.75) is 19.9 Å². The third kappa shape index (κ3) is 3.08. The average molecular weight is 278 g/mol. The molecule has 0 spiro atoms. The molecule has 0 aliphatic carbocycles. The fourth-order valence-electron chi connectivity index (χ4n) is 2.15. The minimum absolute atomic E-state index is 0.129. The highest BCUT2D eigenvalue weighted by atomic mass is 16.5. The lowest BCUT2D eigenvalue weighted by molar-refractivity contribution is -0.142. The zero-order valence-corrected chi connectivity index (χ0v) is 11.5. The van der Waals surface area contributed by atoms with Crippen LogP contribution in [0.15, 0.2) is 18.2 Å². The van der Waals surface area contributed by atoms with E-state index in [-0.39, 0.29) is 13.2 Å². The van der Waals surface area contributed by atoms with Gasteiger partial charge in [-0.1, -0.05) is 12.1 Å². The van der Waals surface area contributed by atoms with Gasteiger partial charge in [0.15, 0.2) is 0 Å². The Bertz CT molecular complexity index is 530. The van der Waals surface area contributed by atoms with E-state index >= 15 is 0 Å². The number of carbonyl (C=O) groups is 2. The molecule has 0 aromatic heterocycles. The van der Waals surface area contributed by atoms with E-state index in [2.05, 4.69) is 10.6 Å². The van der Waals surface area contributed by atoms with E-state index in [9.17, 15) is 9.59 Å². The number of aliphatic carboxylic acids is 1. The van der Waals surface area contributed by atoms with E-state index < -0.39 is 24.0 Å². The van der Waals surface area contributed by atoms with Crippen molar-refractivity contribution in [1.82, 2.24) is 5.32 Å². The van der Waals surface area contributed by atoms with Crippen LogP contribution in [-0.2, 0) is 9.53 Å². The first-order valence-corrected chi connectivity index (χ1v) is 6.43. The van der Waals surface area contributed by atoms with Crippen molar-refractivity contribution in [3.05, 3.63) is 29.3 Å². The molecule has 3 N–H and O–H groups in total. The second-order valence-electron chi connectivity index (χ2n) is 4.93. The van der Waals surface area contributed by atoms with Gasteiger partial charge in [0.05, 0.1) is 19.3 Å². The first-order chi connectivity index (χ1) is 9.49. The summed E-state index contributed by atoms with van der Waals surface area (Å²) in [4.78, 5) is 22.9. The summed E-state index contributed by atoms with van der Waals surface area (Å²) in [7, 11) is 0. The lowest BCUT2D eigenvalue weighted by atomic mass is 10.0. The molecule has 0 bridgehead atoms. The fourth-order valence-corrected chi connectivity index (χ4v) is 2.15. The molecule has 2 rings (SSSR count). The molecule has 1 aromatic rings. The first kappa shape index (κ1) is 14.3. The Morgan fingerprint density at radius 3 is 2.75 bits per heavy atom. The number of rotatable bonds is 3. The summed E-state index contributed by atoms with van der Waals surface area (Å²) in [6.45, 7) is 4.23. The molecular formula is C14H18N2O4. The average Bonchev–Trinajstić information content (AvgIpc) is 2.83. The molecule has 6 nitrogen and oxygen atoms in total. The SMILES string of the molecule is Cc1cccc(NC(=O)NC2COCC2C(=O)O)c1C. The zero-order chi connectivity index (χ0) is 14.7. The van der Waals surface area contributed by atoms with Gasteiger partial charge in [-0.05, 0) is 31.0 Å². The van der Waals surface area contributed by atoms with Gasteiger partial charge in [-0.3, -0.25) is 4.79 Å². The number of carboxylic acids is 1. The van der Waals surface area contributed by atoms with Crippen molar-refractivity contribution < 1.29 is 19.4 Å². The summed E-state index contributed by atoms with van der Waals surface area (Å²) in [6, 6.07) is 4.71. The van der Waals surface area contributed by atoms with E-state index in [1.807, 2.05) is 32.0 Å². The van der Waals surface area contributed by atoms with Gasteiger partial charge in [0.25, 0.3) is 0 Å². The third-order valence-corrected chi connectivity index (χ3v) is 3.57. The Balaban J connectivity index is 1.99. The molecule has 1 saturated heterocycles. The van der Waals surface area contributed by atoms with Gasteiger partial charge in [0, 0.05) is 5.69 Å². The molecule has 1 aromatic carbocycles. The summed E-state index contributed by atoms with van der Waals surface area (Å²) in [5.74, 6) is -1.65. The molecule has 2 unspecified atom stereocenters. The Labute approximate surface area is 117 Å². The molecule has 108 valence electrons. The van der Waals surface area contributed by atoms with Crippen LogP contribution in [0.1, 0.15) is 11.1 Å². The fraction of sp³-hybridized carbons (Fsp3) is 0.429. The normalized spacial score (nSPS) is 21.5. The smallest absolute Gasteiger partial charge is 0.319 e. The number of nitrogens with one attached hydrogen (secondary N) is 2. The number of carboxylic acid groups (broad SMARTS) is 1. The standard InChI is InChI=1S/C14H18N2O4/c1-8-4-3-5-11(9(8)2)15-14(19)16-12-7-20-6-10(12)13(17)18/h3-5,10,12H,6-7H2,1-2H3,(H,17,18)(H2,15,16,19). The zero-order valence-electron chi connectivity index (χ0n) is 11.5. The van der Waals surface area contributed by atoms with Crippen molar-refractivity contribution in [1.29, 1.82) is 0 Å². The molecule has 1 aliphatic rings. The topological polar surface area (TPSA) is 87.7 Å². The Morgan fingerprint density at radius 1 is 1.30 bits per heavy atom. The largest absolute Gasteiger partial charge is 0.481 e. The van der Waals surface area contributed by atoms with Crippen LogP contribution in [0.2, 0.25) is 0 Å². The molecule has 1 heterocycles. The van der Waals surface area contributed by atoms with Gasteiger partial charge in [0.2, 0.25) is 0 Å². The summed E-state index contributed by atoms with van der Waals surface area (Å²) in [5.41, 5.74) is 2.78. The predicted molar refractivity (Wildman–Crippen MR) is 73.8 cm³/mol. The highest BCUT2D eigenvalue weighted by Gasteiger charge is 2.35. The lowest BCUT2D eigenvalue weighted by Crippen LogP contribution is -2.44. The van der Waals surface area contributed by atoms with Crippen molar-refractivity contribution in [3.63, 3.8) is 0 Å². The second-order valence-corrected chi connectivity index (χ2v) is 4.93. The van der Waals surface area contributed by atoms with Crippen molar-refractivity contribution in [3.8, 4) is 0 Å². The van der Waals surface area contributed by atoms with E-state index in [4.69, 9.17) is 9.84 Å². The van der Waals surface area contributed by atoms with Gasteiger partial charge in [-0.2, -0.15) is 0 Å². The summed E-state index contributed by atoms with van der Waals surface area (Å²) < 4.78 is 5.10. The van der Waals surface area contributed by atoms with E-state index in [0.717, 1.165) is 11.1 Å². The van der Waals surface area contributed by atoms with Crippen LogP contribution in [0.5, 0.6) is 0 Å². The van der Waals surface area contributed by atoms with Crippen molar-refractivity contribution in [2.75, 3.05) is 18.5 Å². The molecule has 20 heavy (non-hydrogen) atoms. The van der Waals surface area contributed by atoms with E-state index in [1.54, 1.807) is 0 Å². The number of benzene rings is 1. The van der Waals surface area contributed by atoms with Gasteiger partial charge < -0.3 is 20.5 Å². The molecule has 1 fully saturated rings. The molecule has 0 radical (unpaired) electrons. The highest BCUT2D eigenvalue weighted by molar-refractivity contribution is 5.90. The lowest BCUT2D eigenvalue weighted by Gasteiger charge is -2.17. The minimum atomic E-state index is -0.959. The number of aryl methyl sites for hydroxylation is 1. The van der Waals surface area contributed by atoms with E-state index in [0.29, 0.717) is 5.69 Å². The molecule has 2 atom stereocenters. The third-order valence-electron chi connectivity index (χ3n) is 3.57. The number of ether oxygens (including phenoxy) is 1. The number of urea groups is 1. The van der Waals surface area contributed by atoms with Crippen LogP contribution in [0.3, 0.4) is 0 Å². The Kier molecular flexibility index (Phi) is 4.24. The minimum Gasteiger partial charge on any atom is -0.481 e. The molecule has 6 heteroatoms. The number of hydrogen-bond donors (Lipinski definition) is 3.